The summed E-state index contributed by atoms with van der Waals surface area (Å²) in [7, 11) is 0. The van der Waals surface area contributed by atoms with E-state index in [1.54, 1.807) is 0 Å². The highest BCUT2D eigenvalue weighted by molar-refractivity contribution is 6.18. The summed E-state index contributed by atoms with van der Waals surface area (Å²) in [5, 5.41) is 5.19. The zero-order valence-corrected chi connectivity index (χ0v) is 21.2. The first-order valence-electron chi connectivity index (χ1n) is 12.8. The molecule has 1 N–H and O–H groups in total. The van der Waals surface area contributed by atoms with Crippen LogP contribution in [0.1, 0.15) is 52.2 Å². The molecular formula is C33H32N2. The second-order valence-electron chi connectivity index (χ2n) is 11.9. The molecule has 0 fully saturated rings. The fourth-order valence-electron chi connectivity index (χ4n) is 6.78. The summed E-state index contributed by atoms with van der Waals surface area (Å²) < 4.78 is 2.47. The van der Waals surface area contributed by atoms with Gasteiger partial charge in [-0.15, -0.1) is 0 Å². The normalized spacial score (nSPS) is 19.1. The number of aromatic amines is 1. The van der Waals surface area contributed by atoms with Gasteiger partial charge in [0.15, 0.2) is 0 Å². The summed E-state index contributed by atoms with van der Waals surface area (Å²) >= 11 is 0. The smallest absolute Gasteiger partial charge is 0.0562 e. The van der Waals surface area contributed by atoms with Crippen molar-refractivity contribution in [1.82, 2.24) is 9.55 Å². The Morgan fingerprint density at radius 1 is 0.686 bits per heavy atom. The Balaban J connectivity index is 1.57. The Morgan fingerprint density at radius 3 is 2.26 bits per heavy atom. The van der Waals surface area contributed by atoms with Gasteiger partial charge in [-0.3, -0.25) is 0 Å². The largest absolute Gasteiger partial charge is 0.354 e. The van der Waals surface area contributed by atoms with Gasteiger partial charge in [0.25, 0.3) is 0 Å². The number of nitrogens with one attached hydrogen (secondary N) is 1. The van der Waals surface area contributed by atoms with E-state index in [9.17, 15) is 0 Å². The van der Waals surface area contributed by atoms with E-state index >= 15 is 0 Å². The van der Waals surface area contributed by atoms with Crippen LogP contribution in [-0.4, -0.2) is 9.55 Å². The lowest BCUT2D eigenvalue weighted by molar-refractivity contribution is 0.233. The Labute approximate surface area is 206 Å². The first kappa shape index (κ1) is 20.8. The standard InChI is InChI=1S/C33H32N2/c1-20-19-32(2,3)27-16-21(14-15-26(27)33(20,4)5)35-30-13-9-7-11-23(30)25-17-24-22-10-6-8-12-28(22)34-29(24)18-31(25)35/h6-18,20,34H,19H2,1-5H3. The van der Waals surface area contributed by atoms with Gasteiger partial charge < -0.3 is 9.55 Å². The topological polar surface area (TPSA) is 20.7 Å². The molecule has 6 aromatic rings. The zero-order valence-electron chi connectivity index (χ0n) is 21.2. The number of para-hydroxylation sites is 2. The molecule has 0 saturated carbocycles. The fourth-order valence-corrected chi connectivity index (χ4v) is 6.78. The van der Waals surface area contributed by atoms with Gasteiger partial charge in [0.2, 0.25) is 0 Å². The molecule has 7 rings (SSSR count). The maximum absolute atomic E-state index is 3.66. The first-order chi connectivity index (χ1) is 16.8. The second kappa shape index (κ2) is 6.79. The van der Waals surface area contributed by atoms with Gasteiger partial charge in [-0.2, -0.15) is 0 Å². The molecule has 174 valence electrons. The van der Waals surface area contributed by atoms with Crippen LogP contribution >= 0.6 is 0 Å². The average molecular weight is 457 g/mol. The van der Waals surface area contributed by atoms with Gasteiger partial charge in [-0.05, 0) is 70.7 Å². The molecule has 4 aromatic carbocycles. The molecule has 2 nitrogen and oxygen atoms in total. The predicted octanol–water partition coefficient (Wildman–Crippen LogP) is 9.01. The quantitative estimate of drug-likeness (QED) is 0.255. The van der Waals surface area contributed by atoms with E-state index in [1.807, 2.05) is 0 Å². The summed E-state index contributed by atoms with van der Waals surface area (Å²) in [5.74, 6) is 0.652. The Hall–Kier alpha value is -3.52. The number of fused-ring (bicyclic) bond motifs is 7. The van der Waals surface area contributed by atoms with Gasteiger partial charge in [0.1, 0.15) is 0 Å². The molecular weight excluding hydrogens is 424 g/mol. The van der Waals surface area contributed by atoms with Gasteiger partial charge in [0, 0.05) is 38.3 Å². The highest BCUT2D eigenvalue weighted by Crippen LogP contribution is 2.50. The highest BCUT2D eigenvalue weighted by Gasteiger charge is 2.42. The lowest BCUT2D eigenvalue weighted by Crippen LogP contribution is -2.40. The van der Waals surface area contributed by atoms with Crippen LogP contribution in [0.3, 0.4) is 0 Å². The van der Waals surface area contributed by atoms with Gasteiger partial charge >= 0.3 is 0 Å². The van der Waals surface area contributed by atoms with Crippen molar-refractivity contribution in [3.63, 3.8) is 0 Å². The monoisotopic (exact) mass is 456 g/mol. The van der Waals surface area contributed by atoms with Gasteiger partial charge in [-0.1, -0.05) is 77.1 Å². The molecule has 0 aliphatic heterocycles. The second-order valence-corrected chi connectivity index (χ2v) is 11.9. The van der Waals surface area contributed by atoms with E-state index in [0.29, 0.717) is 5.92 Å². The van der Waals surface area contributed by atoms with Crippen molar-refractivity contribution in [3.8, 4) is 5.69 Å². The number of aromatic nitrogens is 2. The van der Waals surface area contributed by atoms with Crippen LogP contribution in [0.2, 0.25) is 0 Å². The average Bonchev–Trinajstić information content (AvgIpc) is 3.36. The maximum atomic E-state index is 3.66. The van der Waals surface area contributed by atoms with Crippen LogP contribution in [-0.2, 0) is 10.8 Å². The minimum atomic E-state index is 0.156. The molecule has 1 aliphatic carbocycles. The minimum absolute atomic E-state index is 0.156. The van der Waals surface area contributed by atoms with E-state index in [1.165, 1.54) is 66.8 Å². The molecule has 0 spiro atoms. The van der Waals surface area contributed by atoms with Crippen LogP contribution in [0.15, 0.2) is 78.9 Å². The van der Waals surface area contributed by atoms with Crippen LogP contribution in [0.25, 0.3) is 49.3 Å². The number of rotatable bonds is 1. The lowest BCUT2D eigenvalue weighted by Gasteiger charge is -2.46. The predicted molar refractivity (Wildman–Crippen MR) is 150 cm³/mol. The molecule has 2 aromatic heterocycles. The van der Waals surface area contributed by atoms with E-state index in [2.05, 4.69) is 123 Å². The molecule has 1 aliphatic rings. The molecule has 35 heavy (non-hydrogen) atoms. The van der Waals surface area contributed by atoms with E-state index < -0.39 is 0 Å². The third-order valence-electron chi connectivity index (χ3n) is 9.03. The molecule has 0 bridgehead atoms. The summed E-state index contributed by atoms with van der Waals surface area (Å²) in [5.41, 5.74) is 9.49. The Bertz CT molecular complexity index is 1790. The minimum Gasteiger partial charge on any atom is -0.354 e. The number of H-pyrrole nitrogens is 1. The molecule has 0 saturated heterocycles. The SMILES string of the molecule is CC1CC(C)(C)c2cc(-n3c4ccccc4c4cc5c(cc43)[nH]c3ccccc35)ccc2C1(C)C. The van der Waals surface area contributed by atoms with E-state index in [4.69, 9.17) is 0 Å². The maximum Gasteiger partial charge on any atom is 0.0562 e. The Kier molecular flexibility index (Phi) is 4.04. The molecule has 2 heterocycles. The number of hydrogen-bond donors (Lipinski definition) is 1. The van der Waals surface area contributed by atoms with Gasteiger partial charge in [-0.25, -0.2) is 0 Å². The highest BCUT2D eigenvalue weighted by atomic mass is 15.0. The molecule has 0 radical (unpaired) electrons. The van der Waals surface area contributed by atoms with E-state index in [-0.39, 0.29) is 10.8 Å². The van der Waals surface area contributed by atoms with Crippen molar-refractivity contribution in [2.24, 2.45) is 5.92 Å². The summed E-state index contributed by atoms with van der Waals surface area (Å²) in [4.78, 5) is 3.66. The van der Waals surface area contributed by atoms with Crippen molar-refractivity contribution in [2.75, 3.05) is 0 Å². The van der Waals surface area contributed by atoms with Crippen LogP contribution < -0.4 is 0 Å². The first-order valence-corrected chi connectivity index (χ1v) is 12.8. The summed E-state index contributed by atoms with van der Waals surface area (Å²) in [6, 6.07) is 29.4. The molecule has 1 unspecified atom stereocenters. The number of nitrogens with zero attached hydrogens (tertiary/aromatic N) is 1. The number of hydrogen-bond acceptors (Lipinski definition) is 0. The third-order valence-corrected chi connectivity index (χ3v) is 9.03. The van der Waals surface area contributed by atoms with Crippen molar-refractivity contribution < 1.29 is 0 Å². The van der Waals surface area contributed by atoms with Gasteiger partial charge in [0.05, 0.1) is 11.0 Å². The zero-order chi connectivity index (χ0) is 24.1. The van der Waals surface area contributed by atoms with Crippen molar-refractivity contribution >= 4 is 43.6 Å². The summed E-state index contributed by atoms with van der Waals surface area (Å²) in [6.45, 7) is 12.1. The van der Waals surface area contributed by atoms with E-state index in [0.717, 1.165) is 0 Å². The van der Waals surface area contributed by atoms with Crippen molar-refractivity contribution in [3.05, 3.63) is 90.0 Å². The third kappa shape index (κ3) is 2.77. The van der Waals surface area contributed by atoms with Crippen LogP contribution in [0.5, 0.6) is 0 Å². The lowest BCUT2D eigenvalue weighted by atomic mass is 9.58. The van der Waals surface area contributed by atoms with Crippen LogP contribution in [0, 0.1) is 5.92 Å². The van der Waals surface area contributed by atoms with Crippen LogP contribution in [0.4, 0.5) is 0 Å². The Morgan fingerprint density at radius 2 is 1.43 bits per heavy atom. The number of benzene rings is 4. The fraction of sp³-hybridized carbons (Fsp3) is 0.273. The summed E-state index contributed by atoms with van der Waals surface area (Å²) in [6.07, 6.45) is 1.21. The van der Waals surface area contributed by atoms with Crippen molar-refractivity contribution in [2.45, 2.75) is 51.9 Å². The molecule has 2 heteroatoms. The molecule has 1 atom stereocenters. The molecule has 0 amide bonds. The van der Waals surface area contributed by atoms with Crippen molar-refractivity contribution in [1.29, 1.82) is 0 Å².